The predicted molar refractivity (Wildman–Crippen MR) is 91.7 cm³/mol. The number of fused-ring (bicyclic) bond motifs is 1. The van der Waals surface area contributed by atoms with Gasteiger partial charge in [0.25, 0.3) is 0 Å². The lowest BCUT2D eigenvalue weighted by Gasteiger charge is -2.33. The maximum atomic E-state index is 6.22. The highest BCUT2D eigenvalue weighted by Gasteiger charge is 2.37. The van der Waals surface area contributed by atoms with Gasteiger partial charge in [-0.3, -0.25) is 9.98 Å². The van der Waals surface area contributed by atoms with E-state index in [1.165, 1.54) is 0 Å². The summed E-state index contributed by atoms with van der Waals surface area (Å²) in [6, 6.07) is 0.826. The Kier molecular flexibility index (Phi) is 3.87. The van der Waals surface area contributed by atoms with Crippen LogP contribution in [0.15, 0.2) is 45.2 Å². The number of hydrogen-bond donors (Lipinski definition) is 2. The van der Waals surface area contributed by atoms with Crippen LogP contribution in [0.4, 0.5) is 0 Å². The number of amidine groups is 2. The Bertz CT molecular complexity index is 647. The van der Waals surface area contributed by atoms with Crippen molar-refractivity contribution in [2.24, 2.45) is 9.98 Å². The number of rotatable bonds is 3. The number of hydrogen-bond acceptors (Lipinski definition) is 6. The molecule has 23 heavy (non-hydrogen) atoms. The van der Waals surface area contributed by atoms with Gasteiger partial charge in [0.2, 0.25) is 0 Å². The van der Waals surface area contributed by atoms with Crippen molar-refractivity contribution in [1.82, 2.24) is 15.5 Å². The molecule has 0 aliphatic carbocycles. The second-order valence-corrected chi connectivity index (χ2v) is 6.52. The first-order valence-corrected chi connectivity index (χ1v) is 8.30. The zero-order chi connectivity index (χ0) is 15.8. The fourth-order valence-electron chi connectivity index (χ4n) is 3.21. The van der Waals surface area contributed by atoms with E-state index in [1.54, 1.807) is 13.2 Å². The van der Waals surface area contributed by atoms with Crippen LogP contribution in [0.2, 0.25) is 0 Å². The summed E-state index contributed by atoms with van der Waals surface area (Å²) in [6.07, 6.45) is 8.91. The van der Waals surface area contributed by atoms with Crippen molar-refractivity contribution >= 4 is 23.3 Å². The molecule has 7 heteroatoms. The second-order valence-electron chi connectivity index (χ2n) is 6.08. The topological polar surface area (TPSA) is 61.2 Å². The molecule has 0 spiro atoms. The number of nitrogens with zero attached hydrogens (tertiary/aromatic N) is 3. The average molecular weight is 334 g/mol. The summed E-state index contributed by atoms with van der Waals surface area (Å²) >= 11 is 6.22. The maximum absolute atomic E-state index is 6.22. The van der Waals surface area contributed by atoms with Crippen molar-refractivity contribution in [2.45, 2.75) is 24.5 Å². The summed E-state index contributed by atoms with van der Waals surface area (Å²) in [6.45, 7) is 2.71. The first-order chi connectivity index (χ1) is 11.2. The van der Waals surface area contributed by atoms with Crippen LogP contribution in [0.1, 0.15) is 6.42 Å². The minimum atomic E-state index is 0.161. The molecular weight excluding hydrogens is 314 g/mol. The van der Waals surface area contributed by atoms with Gasteiger partial charge in [-0.1, -0.05) is 17.7 Å². The van der Waals surface area contributed by atoms with Gasteiger partial charge in [-0.25, -0.2) is 0 Å². The molecule has 0 aromatic carbocycles. The zero-order valence-electron chi connectivity index (χ0n) is 13.0. The monoisotopic (exact) mass is 333 g/mol. The Hall–Kier alpha value is -1.79. The standard InChI is InChI=1S/C16H20ClN5O/c1-23-14-5-10(17)9-22-13(8-19-16(14)22)12-3-2-4-15(21-12)20-11-6-18-7-11/h2,4-5,9,11-13,18H,3,6-8H2,1H3,(H,20,21). The molecule has 1 saturated heterocycles. The molecule has 6 nitrogen and oxygen atoms in total. The van der Waals surface area contributed by atoms with Gasteiger partial charge in [0, 0.05) is 25.4 Å². The molecule has 2 unspecified atom stereocenters. The minimum Gasteiger partial charge on any atom is -0.493 e. The van der Waals surface area contributed by atoms with Gasteiger partial charge >= 0.3 is 0 Å². The molecule has 4 aliphatic rings. The molecular formula is C16H20ClN5O. The predicted octanol–water partition coefficient (Wildman–Crippen LogP) is 0.982. The number of nitrogens with one attached hydrogen (secondary N) is 2. The van der Waals surface area contributed by atoms with Crippen LogP contribution in [0.3, 0.4) is 0 Å². The third kappa shape index (κ3) is 2.77. The first kappa shape index (κ1) is 14.8. The Morgan fingerprint density at radius 1 is 1.43 bits per heavy atom. The summed E-state index contributed by atoms with van der Waals surface area (Å²) < 4.78 is 5.40. The van der Waals surface area contributed by atoms with Crippen LogP contribution in [0.25, 0.3) is 0 Å². The molecule has 0 bridgehead atoms. The molecule has 2 atom stereocenters. The van der Waals surface area contributed by atoms with E-state index < -0.39 is 0 Å². The Balaban J connectivity index is 1.51. The number of halogens is 1. The quantitative estimate of drug-likeness (QED) is 0.808. The first-order valence-electron chi connectivity index (χ1n) is 7.92. The van der Waals surface area contributed by atoms with Crippen LogP contribution in [-0.2, 0) is 4.74 Å². The van der Waals surface area contributed by atoms with Crippen molar-refractivity contribution in [3.63, 3.8) is 0 Å². The van der Waals surface area contributed by atoms with E-state index in [1.807, 2.05) is 6.20 Å². The molecule has 2 N–H and O–H groups in total. The van der Waals surface area contributed by atoms with Gasteiger partial charge in [0.1, 0.15) is 5.84 Å². The highest BCUT2D eigenvalue weighted by molar-refractivity contribution is 6.32. The molecule has 0 amide bonds. The van der Waals surface area contributed by atoms with Gasteiger partial charge in [-0.15, -0.1) is 0 Å². The van der Waals surface area contributed by atoms with Crippen molar-refractivity contribution < 1.29 is 4.74 Å². The largest absolute Gasteiger partial charge is 0.493 e. The maximum Gasteiger partial charge on any atom is 0.171 e. The fraction of sp³-hybridized carbons (Fsp3) is 0.500. The zero-order valence-corrected chi connectivity index (χ0v) is 13.8. The lowest BCUT2D eigenvalue weighted by Crippen LogP contribution is -2.57. The van der Waals surface area contributed by atoms with E-state index in [0.717, 1.165) is 31.2 Å². The van der Waals surface area contributed by atoms with Crippen LogP contribution >= 0.6 is 11.6 Å². The second kappa shape index (κ2) is 6.02. The normalized spacial score (nSPS) is 29.9. The summed E-state index contributed by atoms with van der Waals surface area (Å²) in [5.74, 6) is 2.54. The van der Waals surface area contributed by atoms with Crippen molar-refractivity contribution in [2.75, 3.05) is 26.7 Å². The van der Waals surface area contributed by atoms with Gasteiger partial charge in [0.05, 0.1) is 36.8 Å². The Morgan fingerprint density at radius 3 is 3.04 bits per heavy atom. The number of aliphatic imine (C=N–C) groups is 2. The molecule has 122 valence electrons. The number of dihydropyridines is 1. The summed E-state index contributed by atoms with van der Waals surface area (Å²) in [5, 5.41) is 7.39. The molecule has 0 radical (unpaired) electrons. The van der Waals surface area contributed by atoms with Crippen LogP contribution < -0.4 is 10.6 Å². The van der Waals surface area contributed by atoms with Crippen LogP contribution in [-0.4, -0.2) is 61.4 Å². The lowest BCUT2D eigenvalue weighted by atomic mass is 10.0. The van der Waals surface area contributed by atoms with Crippen molar-refractivity contribution in [3.05, 3.63) is 35.2 Å². The van der Waals surface area contributed by atoms with E-state index in [2.05, 4.69) is 32.7 Å². The molecule has 1 fully saturated rings. The molecule has 4 heterocycles. The molecule has 0 aromatic rings. The SMILES string of the molecule is COC1=CC(Cl)=CN2C1=NCC2C1CC=CC(NC2CNC2)=N1. The van der Waals surface area contributed by atoms with Gasteiger partial charge in [-0.2, -0.15) is 0 Å². The van der Waals surface area contributed by atoms with E-state index in [4.69, 9.17) is 21.3 Å². The van der Waals surface area contributed by atoms with Crippen molar-refractivity contribution in [3.8, 4) is 0 Å². The van der Waals surface area contributed by atoms with Gasteiger partial charge < -0.3 is 20.3 Å². The van der Waals surface area contributed by atoms with E-state index in [-0.39, 0.29) is 12.1 Å². The van der Waals surface area contributed by atoms with E-state index in [0.29, 0.717) is 23.4 Å². The highest BCUT2D eigenvalue weighted by Crippen LogP contribution is 2.29. The average Bonchev–Trinajstić information content (AvgIpc) is 2.94. The third-order valence-corrected chi connectivity index (χ3v) is 4.74. The van der Waals surface area contributed by atoms with E-state index in [9.17, 15) is 0 Å². The Labute approximate surface area is 140 Å². The third-order valence-electron chi connectivity index (χ3n) is 4.54. The molecule has 0 aromatic heterocycles. The summed E-state index contributed by atoms with van der Waals surface area (Å²) in [4.78, 5) is 11.6. The number of allylic oxidation sites excluding steroid dienone is 2. The summed E-state index contributed by atoms with van der Waals surface area (Å²) in [5.41, 5.74) is 0. The van der Waals surface area contributed by atoms with Crippen LogP contribution in [0, 0.1) is 0 Å². The van der Waals surface area contributed by atoms with E-state index >= 15 is 0 Å². The number of ether oxygens (including phenoxy) is 1. The number of methoxy groups -OCH3 is 1. The molecule has 4 rings (SSSR count). The fourth-order valence-corrected chi connectivity index (χ4v) is 3.41. The Morgan fingerprint density at radius 2 is 2.30 bits per heavy atom. The summed E-state index contributed by atoms with van der Waals surface area (Å²) in [7, 11) is 1.64. The highest BCUT2D eigenvalue weighted by atomic mass is 35.5. The minimum absolute atomic E-state index is 0.161. The van der Waals surface area contributed by atoms with Crippen LogP contribution in [0.5, 0.6) is 0 Å². The smallest absolute Gasteiger partial charge is 0.171 e. The molecule has 0 saturated carbocycles. The van der Waals surface area contributed by atoms with Gasteiger partial charge in [-0.05, 0) is 12.5 Å². The van der Waals surface area contributed by atoms with Gasteiger partial charge in [0.15, 0.2) is 11.6 Å². The lowest BCUT2D eigenvalue weighted by molar-refractivity contribution is 0.295. The molecule has 4 aliphatic heterocycles. The van der Waals surface area contributed by atoms with Crippen molar-refractivity contribution in [1.29, 1.82) is 0 Å².